The number of amides is 1. The highest BCUT2D eigenvalue weighted by molar-refractivity contribution is 5.93. The number of nitrogens with one attached hydrogen (secondary N) is 1. The molecule has 6 nitrogen and oxygen atoms in total. The van der Waals surface area contributed by atoms with E-state index in [1.807, 2.05) is 105 Å². The summed E-state index contributed by atoms with van der Waals surface area (Å²) in [5, 5.41) is 0. The fourth-order valence-corrected chi connectivity index (χ4v) is 3.64. The van der Waals surface area contributed by atoms with Gasteiger partial charge in [0.2, 0.25) is 0 Å². The zero-order chi connectivity index (χ0) is 24.3. The molecule has 0 aliphatic rings. The Labute approximate surface area is 200 Å². The molecule has 0 aliphatic carbocycles. The van der Waals surface area contributed by atoms with Crippen molar-refractivity contribution in [3.05, 3.63) is 118 Å². The van der Waals surface area contributed by atoms with E-state index in [-0.39, 0.29) is 12.7 Å². The van der Waals surface area contributed by atoms with Gasteiger partial charge in [-0.15, -0.1) is 5.48 Å². The van der Waals surface area contributed by atoms with Crippen LogP contribution in [0.25, 0.3) is 0 Å². The van der Waals surface area contributed by atoms with Crippen molar-refractivity contribution >= 4 is 12.1 Å². The van der Waals surface area contributed by atoms with Gasteiger partial charge < -0.3 is 14.3 Å². The minimum absolute atomic E-state index is 0.00992. The SMILES string of the molecule is Cc1cc(C)c(C(=O)ONC(=O)OC/C=C\C(OCc2ccccc2)c2ccccc2)c(C)c1. The molecule has 0 heterocycles. The predicted octanol–water partition coefficient (Wildman–Crippen LogP) is 5.92. The number of ether oxygens (including phenoxy) is 2. The van der Waals surface area contributed by atoms with E-state index in [9.17, 15) is 9.59 Å². The Morgan fingerprint density at radius 1 is 0.912 bits per heavy atom. The summed E-state index contributed by atoms with van der Waals surface area (Å²) in [5.41, 5.74) is 7.12. The molecule has 0 aromatic heterocycles. The minimum Gasteiger partial charge on any atom is -0.443 e. The highest BCUT2D eigenvalue weighted by atomic mass is 16.7. The molecule has 6 heteroatoms. The fraction of sp³-hybridized carbons (Fsp3) is 0.214. The van der Waals surface area contributed by atoms with Crippen LogP contribution in [0, 0.1) is 20.8 Å². The number of benzene rings is 3. The second-order valence-electron chi connectivity index (χ2n) is 7.92. The first-order valence-electron chi connectivity index (χ1n) is 11.0. The van der Waals surface area contributed by atoms with Crippen LogP contribution in [0.5, 0.6) is 0 Å². The second-order valence-corrected chi connectivity index (χ2v) is 7.92. The van der Waals surface area contributed by atoms with Crippen LogP contribution in [0.2, 0.25) is 0 Å². The summed E-state index contributed by atoms with van der Waals surface area (Å²) in [6.07, 6.45) is 2.36. The molecule has 1 unspecified atom stereocenters. The Hall–Kier alpha value is -3.90. The van der Waals surface area contributed by atoms with Gasteiger partial charge in [0.25, 0.3) is 0 Å². The van der Waals surface area contributed by atoms with Crippen molar-refractivity contribution in [2.45, 2.75) is 33.5 Å². The van der Waals surface area contributed by atoms with Crippen molar-refractivity contribution in [3.8, 4) is 0 Å². The Kier molecular flexibility index (Phi) is 9.00. The lowest BCUT2D eigenvalue weighted by Gasteiger charge is -2.15. The van der Waals surface area contributed by atoms with Crippen LogP contribution in [0.3, 0.4) is 0 Å². The first-order valence-corrected chi connectivity index (χ1v) is 11.0. The van der Waals surface area contributed by atoms with E-state index in [2.05, 4.69) is 0 Å². The molecule has 0 spiro atoms. The van der Waals surface area contributed by atoms with E-state index in [0.29, 0.717) is 12.2 Å². The summed E-state index contributed by atoms with van der Waals surface area (Å²) in [5.74, 6) is -0.638. The summed E-state index contributed by atoms with van der Waals surface area (Å²) in [4.78, 5) is 29.2. The molecule has 0 fully saturated rings. The van der Waals surface area contributed by atoms with Gasteiger partial charge in [-0.25, -0.2) is 9.59 Å². The standard InChI is InChI=1S/C28H29NO5/c1-20-17-21(2)26(22(3)18-20)27(30)34-29-28(31)32-16-10-15-25(24-13-8-5-9-14-24)33-19-23-11-6-4-7-12-23/h4-15,17-18,25H,16,19H2,1-3H3,(H,29,31)/b15-10-. The first kappa shape index (κ1) is 24.7. The Morgan fingerprint density at radius 2 is 1.53 bits per heavy atom. The normalized spacial score (nSPS) is 11.7. The lowest BCUT2D eigenvalue weighted by Crippen LogP contribution is -2.28. The van der Waals surface area contributed by atoms with Crippen LogP contribution < -0.4 is 5.48 Å². The first-order chi connectivity index (χ1) is 16.4. The zero-order valence-corrected chi connectivity index (χ0v) is 19.6. The molecule has 0 bridgehead atoms. The topological polar surface area (TPSA) is 73.9 Å². The lowest BCUT2D eigenvalue weighted by molar-refractivity contribution is 0.0220. The van der Waals surface area contributed by atoms with Crippen molar-refractivity contribution in [3.63, 3.8) is 0 Å². The molecule has 1 N–H and O–H groups in total. The molecule has 3 aromatic carbocycles. The summed E-state index contributed by atoms with van der Waals surface area (Å²) >= 11 is 0. The maximum absolute atomic E-state index is 12.3. The van der Waals surface area contributed by atoms with Gasteiger partial charge in [0.15, 0.2) is 0 Å². The molecule has 3 aromatic rings. The van der Waals surface area contributed by atoms with Gasteiger partial charge in [-0.05, 0) is 49.1 Å². The zero-order valence-electron chi connectivity index (χ0n) is 19.6. The molecular formula is C28H29NO5. The van der Waals surface area contributed by atoms with Crippen LogP contribution in [0.1, 0.15) is 44.3 Å². The van der Waals surface area contributed by atoms with E-state index < -0.39 is 12.1 Å². The van der Waals surface area contributed by atoms with Crippen LogP contribution in [0.15, 0.2) is 84.9 Å². The van der Waals surface area contributed by atoms with E-state index in [4.69, 9.17) is 14.3 Å². The van der Waals surface area contributed by atoms with Gasteiger partial charge in [0.1, 0.15) is 12.7 Å². The predicted molar refractivity (Wildman–Crippen MR) is 130 cm³/mol. The number of rotatable bonds is 8. The molecular weight excluding hydrogens is 430 g/mol. The van der Waals surface area contributed by atoms with Crippen LogP contribution in [-0.2, 0) is 20.9 Å². The van der Waals surface area contributed by atoms with Gasteiger partial charge in [-0.1, -0.05) is 84.4 Å². The summed E-state index contributed by atoms with van der Waals surface area (Å²) in [7, 11) is 0. The van der Waals surface area contributed by atoms with E-state index in [0.717, 1.165) is 27.8 Å². The number of hydrogen-bond donors (Lipinski definition) is 1. The fourth-order valence-electron chi connectivity index (χ4n) is 3.64. The lowest BCUT2D eigenvalue weighted by atomic mass is 10.0. The van der Waals surface area contributed by atoms with Crippen molar-refractivity contribution < 1.29 is 23.9 Å². The van der Waals surface area contributed by atoms with Crippen molar-refractivity contribution in [1.29, 1.82) is 0 Å². The quantitative estimate of drug-likeness (QED) is 0.334. The van der Waals surface area contributed by atoms with Crippen LogP contribution in [-0.4, -0.2) is 18.7 Å². The minimum atomic E-state index is -0.859. The maximum Gasteiger partial charge on any atom is 0.441 e. The Morgan fingerprint density at radius 3 is 2.18 bits per heavy atom. The van der Waals surface area contributed by atoms with Crippen molar-refractivity contribution in [2.24, 2.45) is 0 Å². The summed E-state index contributed by atoms with van der Waals surface area (Å²) in [6.45, 7) is 6.03. The number of aryl methyl sites for hydroxylation is 3. The smallest absolute Gasteiger partial charge is 0.441 e. The number of carbonyl (C=O) groups excluding carboxylic acids is 2. The molecule has 3 rings (SSSR count). The molecule has 0 saturated carbocycles. The molecule has 0 aliphatic heterocycles. The van der Waals surface area contributed by atoms with Gasteiger partial charge in [0.05, 0.1) is 12.2 Å². The van der Waals surface area contributed by atoms with Gasteiger partial charge >= 0.3 is 12.1 Å². The van der Waals surface area contributed by atoms with E-state index in [1.165, 1.54) is 0 Å². The molecule has 1 atom stereocenters. The van der Waals surface area contributed by atoms with Gasteiger partial charge in [0, 0.05) is 0 Å². The third kappa shape index (κ3) is 7.32. The largest absolute Gasteiger partial charge is 0.443 e. The molecule has 34 heavy (non-hydrogen) atoms. The third-order valence-corrected chi connectivity index (χ3v) is 5.13. The number of hydrogen-bond acceptors (Lipinski definition) is 5. The average Bonchev–Trinajstić information content (AvgIpc) is 2.83. The highest BCUT2D eigenvalue weighted by Gasteiger charge is 2.16. The molecule has 1 amide bonds. The van der Waals surface area contributed by atoms with Crippen molar-refractivity contribution in [2.75, 3.05) is 6.61 Å². The van der Waals surface area contributed by atoms with E-state index in [1.54, 1.807) is 6.08 Å². The van der Waals surface area contributed by atoms with Gasteiger partial charge in [-0.3, -0.25) is 0 Å². The molecule has 0 radical (unpaired) electrons. The van der Waals surface area contributed by atoms with Crippen molar-refractivity contribution in [1.82, 2.24) is 5.48 Å². The van der Waals surface area contributed by atoms with Crippen LogP contribution in [0.4, 0.5) is 4.79 Å². The van der Waals surface area contributed by atoms with Crippen LogP contribution >= 0.6 is 0 Å². The Bertz CT molecular complexity index is 1100. The van der Waals surface area contributed by atoms with Gasteiger partial charge in [-0.2, -0.15) is 0 Å². The van der Waals surface area contributed by atoms with E-state index >= 15 is 0 Å². The number of hydroxylamine groups is 1. The number of carbonyl (C=O) groups is 2. The third-order valence-electron chi connectivity index (χ3n) is 5.13. The average molecular weight is 460 g/mol. The highest BCUT2D eigenvalue weighted by Crippen LogP contribution is 2.21. The molecule has 0 saturated heterocycles. The summed E-state index contributed by atoms with van der Waals surface area (Å²) in [6, 6.07) is 23.4. The molecule has 176 valence electrons. The Balaban J connectivity index is 1.50. The maximum atomic E-state index is 12.3. The monoisotopic (exact) mass is 459 g/mol. The second kappa shape index (κ2) is 12.4. The summed E-state index contributed by atoms with van der Waals surface area (Å²) < 4.78 is 11.2.